The minimum atomic E-state index is -0.518. The highest BCUT2D eigenvalue weighted by atomic mass is 16.6. The van der Waals surface area contributed by atoms with Crippen molar-refractivity contribution >= 4 is 11.7 Å². The van der Waals surface area contributed by atoms with Crippen LogP contribution >= 0.6 is 0 Å². The van der Waals surface area contributed by atoms with Gasteiger partial charge in [0.15, 0.2) is 0 Å². The molecule has 1 aliphatic rings. The largest absolute Gasteiger partial charge is 0.444 e. The van der Waals surface area contributed by atoms with Crippen LogP contribution in [0.3, 0.4) is 0 Å². The number of aromatic nitrogens is 2. The van der Waals surface area contributed by atoms with E-state index in [1.165, 1.54) is 0 Å². The highest BCUT2D eigenvalue weighted by molar-refractivity contribution is 5.82. The van der Waals surface area contributed by atoms with Crippen molar-refractivity contribution in [2.24, 2.45) is 0 Å². The van der Waals surface area contributed by atoms with Gasteiger partial charge < -0.3 is 10.1 Å². The molecule has 0 aliphatic heterocycles. The third kappa shape index (κ3) is 4.11. The fourth-order valence-electron chi connectivity index (χ4n) is 4.53. The molecule has 2 heterocycles. The summed E-state index contributed by atoms with van der Waals surface area (Å²) in [5, 5.41) is 3.14. The smallest absolute Gasteiger partial charge is 0.408 e. The van der Waals surface area contributed by atoms with Crippen molar-refractivity contribution in [2.75, 3.05) is 0 Å². The number of ether oxygens (including phenoxy) is 1. The quantitative estimate of drug-likeness (QED) is 0.391. The minimum Gasteiger partial charge on any atom is -0.444 e. The lowest BCUT2D eigenvalue weighted by atomic mass is 9.71. The Labute approximate surface area is 194 Å². The maximum Gasteiger partial charge on any atom is 0.408 e. The van der Waals surface area contributed by atoms with Crippen LogP contribution in [0.4, 0.5) is 4.79 Å². The number of pyridine rings is 1. The second-order valence-corrected chi connectivity index (χ2v) is 9.74. The first-order valence-corrected chi connectivity index (χ1v) is 11.5. The Morgan fingerprint density at radius 3 is 2.27 bits per heavy atom. The van der Waals surface area contributed by atoms with Crippen LogP contribution in [0.5, 0.6) is 0 Å². The van der Waals surface area contributed by atoms with E-state index >= 15 is 0 Å². The molecule has 0 saturated heterocycles. The van der Waals surface area contributed by atoms with Gasteiger partial charge in [-0.15, -0.1) is 0 Å². The Kier molecular flexibility index (Phi) is 5.20. The monoisotopic (exact) mass is 439 g/mol. The van der Waals surface area contributed by atoms with Gasteiger partial charge in [-0.05, 0) is 57.7 Å². The Bertz CT molecular complexity index is 1280. The van der Waals surface area contributed by atoms with Crippen molar-refractivity contribution in [1.29, 1.82) is 0 Å². The van der Waals surface area contributed by atoms with Crippen molar-refractivity contribution in [3.63, 3.8) is 0 Å². The molecule has 33 heavy (non-hydrogen) atoms. The van der Waals surface area contributed by atoms with E-state index in [0.29, 0.717) is 0 Å². The zero-order valence-corrected chi connectivity index (χ0v) is 19.3. The molecule has 1 aliphatic carbocycles. The van der Waals surface area contributed by atoms with Crippen LogP contribution in [0.15, 0.2) is 79.0 Å². The Hall–Kier alpha value is -3.60. The number of imidazole rings is 1. The maximum absolute atomic E-state index is 12.5. The van der Waals surface area contributed by atoms with Crippen molar-refractivity contribution in [3.05, 3.63) is 84.6 Å². The van der Waals surface area contributed by atoms with E-state index in [-0.39, 0.29) is 11.6 Å². The summed E-state index contributed by atoms with van der Waals surface area (Å²) in [4.78, 5) is 17.4. The van der Waals surface area contributed by atoms with E-state index in [1.807, 2.05) is 57.2 Å². The van der Waals surface area contributed by atoms with Gasteiger partial charge in [0.2, 0.25) is 0 Å². The van der Waals surface area contributed by atoms with E-state index in [2.05, 4.69) is 52.3 Å². The van der Waals surface area contributed by atoms with E-state index < -0.39 is 5.60 Å². The predicted molar refractivity (Wildman–Crippen MR) is 131 cm³/mol. The number of rotatable bonds is 4. The molecule has 5 rings (SSSR count). The molecule has 0 spiro atoms. The first-order valence-electron chi connectivity index (χ1n) is 11.5. The van der Waals surface area contributed by atoms with E-state index in [1.54, 1.807) is 0 Å². The van der Waals surface area contributed by atoms with Gasteiger partial charge in [-0.25, -0.2) is 9.78 Å². The van der Waals surface area contributed by atoms with Gasteiger partial charge in [0.05, 0.1) is 16.9 Å². The number of carbonyl (C=O) groups is 1. The fourth-order valence-corrected chi connectivity index (χ4v) is 4.53. The molecule has 168 valence electrons. The van der Waals surface area contributed by atoms with Gasteiger partial charge in [0, 0.05) is 17.3 Å². The van der Waals surface area contributed by atoms with Crippen molar-refractivity contribution in [1.82, 2.24) is 14.7 Å². The van der Waals surface area contributed by atoms with Crippen LogP contribution in [-0.2, 0) is 10.3 Å². The number of hydrogen-bond acceptors (Lipinski definition) is 3. The summed E-state index contributed by atoms with van der Waals surface area (Å²) in [6, 6.07) is 24.9. The van der Waals surface area contributed by atoms with Crippen molar-refractivity contribution in [3.8, 4) is 22.5 Å². The molecule has 1 N–H and O–H groups in total. The molecule has 5 nitrogen and oxygen atoms in total. The van der Waals surface area contributed by atoms with Crippen LogP contribution < -0.4 is 5.32 Å². The number of benzene rings is 2. The summed E-state index contributed by atoms with van der Waals surface area (Å²) < 4.78 is 7.65. The van der Waals surface area contributed by atoms with Crippen LogP contribution in [0.2, 0.25) is 0 Å². The van der Waals surface area contributed by atoms with E-state index in [9.17, 15) is 4.79 Å². The van der Waals surface area contributed by atoms with Crippen LogP contribution in [-0.4, -0.2) is 21.1 Å². The van der Waals surface area contributed by atoms with Crippen molar-refractivity contribution in [2.45, 2.75) is 51.2 Å². The molecule has 1 amide bonds. The van der Waals surface area contributed by atoms with Crippen LogP contribution in [0, 0.1) is 0 Å². The molecule has 2 aromatic heterocycles. The van der Waals surface area contributed by atoms with Gasteiger partial charge >= 0.3 is 6.09 Å². The third-order valence-electron chi connectivity index (χ3n) is 6.24. The third-order valence-corrected chi connectivity index (χ3v) is 6.24. The number of nitrogens with one attached hydrogen (secondary N) is 1. The highest BCUT2D eigenvalue weighted by Crippen LogP contribution is 2.42. The van der Waals surface area contributed by atoms with Gasteiger partial charge in [-0.1, -0.05) is 60.7 Å². The molecule has 2 aromatic carbocycles. The van der Waals surface area contributed by atoms with Gasteiger partial charge in [0.1, 0.15) is 11.2 Å². The summed E-state index contributed by atoms with van der Waals surface area (Å²) in [6.07, 6.45) is 4.60. The molecule has 0 radical (unpaired) electrons. The van der Waals surface area contributed by atoms with Gasteiger partial charge in [0.25, 0.3) is 0 Å². The van der Waals surface area contributed by atoms with E-state index in [0.717, 1.165) is 53.0 Å². The standard InChI is InChI=1S/C28H29N3O2/c1-27(2,3)33-26(32)30-28(17-9-18-28)22-15-13-20(14-16-22)24-25(21-10-5-4-6-11-21)31-19-8-7-12-23(31)29-24/h4-8,10-16,19H,9,17-18H2,1-3H3,(H,30,32). The minimum absolute atomic E-state index is 0.359. The molecular formula is C28H29N3O2. The molecule has 1 fully saturated rings. The summed E-state index contributed by atoms with van der Waals surface area (Å²) in [5.41, 5.74) is 5.33. The second kappa shape index (κ2) is 8.07. The summed E-state index contributed by atoms with van der Waals surface area (Å²) >= 11 is 0. The average Bonchev–Trinajstić information content (AvgIpc) is 3.15. The fraction of sp³-hybridized carbons (Fsp3) is 0.286. The summed E-state index contributed by atoms with van der Waals surface area (Å²) in [5.74, 6) is 0. The van der Waals surface area contributed by atoms with Crippen LogP contribution in [0.25, 0.3) is 28.2 Å². The number of amides is 1. The first kappa shape index (κ1) is 21.3. The Morgan fingerprint density at radius 2 is 1.64 bits per heavy atom. The van der Waals surface area contributed by atoms with Gasteiger partial charge in [-0.3, -0.25) is 4.40 Å². The Balaban J connectivity index is 1.50. The molecule has 0 unspecified atom stereocenters. The first-order chi connectivity index (χ1) is 15.8. The molecule has 0 bridgehead atoms. The average molecular weight is 440 g/mol. The van der Waals surface area contributed by atoms with E-state index in [4.69, 9.17) is 9.72 Å². The zero-order valence-electron chi connectivity index (χ0n) is 19.3. The lowest BCUT2D eigenvalue weighted by Crippen LogP contribution is -2.52. The topological polar surface area (TPSA) is 55.6 Å². The predicted octanol–water partition coefficient (Wildman–Crippen LogP) is 6.57. The molecule has 0 atom stereocenters. The normalized spacial score (nSPS) is 15.1. The number of carbonyl (C=O) groups excluding carboxylic acids is 1. The molecular weight excluding hydrogens is 410 g/mol. The Morgan fingerprint density at radius 1 is 0.939 bits per heavy atom. The number of hydrogen-bond donors (Lipinski definition) is 1. The molecule has 4 aromatic rings. The number of nitrogens with zero attached hydrogens (tertiary/aromatic N) is 2. The summed E-state index contributed by atoms with van der Waals surface area (Å²) in [6.45, 7) is 5.65. The number of fused-ring (bicyclic) bond motifs is 1. The molecule has 5 heteroatoms. The lowest BCUT2D eigenvalue weighted by molar-refractivity contribution is 0.0377. The zero-order chi connectivity index (χ0) is 23.1. The highest BCUT2D eigenvalue weighted by Gasteiger charge is 2.41. The van der Waals surface area contributed by atoms with Crippen LogP contribution in [0.1, 0.15) is 45.6 Å². The maximum atomic E-state index is 12.5. The second-order valence-electron chi connectivity index (χ2n) is 9.74. The van der Waals surface area contributed by atoms with Gasteiger partial charge in [-0.2, -0.15) is 0 Å². The number of alkyl carbamates (subject to hydrolysis) is 1. The summed E-state index contributed by atoms with van der Waals surface area (Å²) in [7, 11) is 0. The van der Waals surface area contributed by atoms with Crippen molar-refractivity contribution < 1.29 is 9.53 Å². The lowest BCUT2D eigenvalue weighted by Gasteiger charge is -2.43. The molecule has 1 saturated carbocycles. The SMILES string of the molecule is CC(C)(C)OC(=O)NC1(c2ccc(-c3nc4ccccn4c3-c3ccccc3)cc2)CCC1.